The van der Waals surface area contributed by atoms with E-state index >= 15 is 0 Å². The number of rotatable bonds is 5. The zero-order chi connectivity index (χ0) is 30.9. The summed E-state index contributed by atoms with van der Waals surface area (Å²) in [6.07, 6.45) is -6.14. The van der Waals surface area contributed by atoms with Crippen LogP contribution in [0.15, 0.2) is 134 Å². The Bertz CT molecular complexity index is 1820. The van der Waals surface area contributed by atoms with Crippen molar-refractivity contribution in [2.45, 2.75) is 12.4 Å². The number of aromatic nitrogens is 2. The molecular weight excluding hydrogens is 574 g/mol. The molecule has 0 spiro atoms. The maximum atomic E-state index is 14.0. The summed E-state index contributed by atoms with van der Waals surface area (Å²) in [4.78, 5) is 9.07. The second-order valence-electron chi connectivity index (χ2n) is 9.98. The highest BCUT2D eigenvalue weighted by Crippen LogP contribution is 2.45. The Morgan fingerprint density at radius 1 is 0.318 bits per heavy atom. The molecular formula is C36H22F6N2. The Balaban J connectivity index is 1.57. The van der Waals surface area contributed by atoms with Gasteiger partial charge in [-0.1, -0.05) is 97.1 Å². The SMILES string of the molecule is FC(F)(F)c1ccccc1-c1cccnc1-c1ccccc1-c1ccccc1-c1ncccc1-c1ccccc1C(F)(F)F. The Labute approximate surface area is 249 Å². The third kappa shape index (κ3) is 5.46. The predicted molar refractivity (Wildman–Crippen MR) is 159 cm³/mol. The highest BCUT2D eigenvalue weighted by atomic mass is 19.4. The van der Waals surface area contributed by atoms with Crippen molar-refractivity contribution < 1.29 is 26.3 Å². The van der Waals surface area contributed by atoms with Crippen molar-refractivity contribution in [3.05, 3.63) is 145 Å². The summed E-state index contributed by atoms with van der Waals surface area (Å²) >= 11 is 0. The molecule has 0 atom stereocenters. The fourth-order valence-corrected chi connectivity index (χ4v) is 5.45. The monoisotopic (exact) mass is 596 g/mol. The molecule has 0 saturated carbocycles. The maximum absolute atomic E-state index is 14.0. The quantitative estimate of drug-likeness (QED) is 0.185. The summed E-state index contributed by atoms with van der Waals surface area (Å²) in [7, 11) is 0. The van der Waals surface area contributed by atoms with E-state index in [1.54, 1.807) is 72.8 Å². The van der Waals surface area contributed by atoms with Crippen LogP contribution < -0.4 is 0 Å². The molecule has 0 aliphatic heterocycles. The van der Waals surface area contributed by atoms with Crippen LogP contribution in [0.5, 0.6) is 0 Å². The zero-order valence-corrected chi connectivity index (χ0v) is 22.9. The van der Waals surface area contributed by atoms with Crippen molar-refractivity contribution in [1.82, 2.24) is 9.97 Å². The van der Waals surface area contributed by atoms with E-state index in [1.807, 2.05) is 12.1 Å². The first-order chi connectivity index (χ1) is 21.1. The van der Waals surface area contributed by atoms with Gasteiger partial charge in [0.1, 0.15) is 0 Å². The third-order valence-corrected chi connectivity index (χ3v) is 7.32. The fraction of sp³-hybridized carbons (Fsp3) is 0.0556. The van der Waals surface area contributed by atoms with E-state index in [0.29, 0.717) is 44.8 Å². The molecule has 0 aliphatic rings. The van der Waals surface area contributed by atoms with Crippen LogP contribution in [0.1, 0.15) is 11.1 Å². The van der Waals surface area contributed by atoms with Crippen molar-refractivity contribution in [3.8, 4) is 55.9 Å². The van der Waals surface area contributed by atoms with Crippen LogP contribution >= 0.6 is 0 Å². The van der Waals surface area contributed by atoms with Crippen LogP contribution in [0.25, 0.3) is 55.9 Å². The normalized spacial score (nSPS) is 11.9. The first-order valence-corrected chi connectivity index (χ1v) is 13.6. The molecule has 0 N–H and O–H groups in total. The lowest BCUT2D eigenvalue weighted by Gasteiger charge is -2.19. The van der Waals surface area contributed by atoms with Crippen LogP contribution in [0, 0.1) is 0 Å². The Kier molecular flexibility index (Phi) is 7.51. The topological polar surface area (TPSA) is 25.8 Å². The Morgan fingerprint density at radius 3 is 0.977 bits per heavy atom. The molecule has 2 heterocycles. The molecule has 6 rings (SSSR count). The van der Waals surface area contributed by atoms with Gasteiger partial charge in [-0.2, -0.15) is 26.3 Å². The number of hydrogen-bond acceptors (Lipinski definition) is 2. The van der Waals surface area contributed by atoms with Gasteiger partial charge < -0.3 is 0 Å². The molecule has 0 fully saturated rings. The van der Waals surface area contributed by atoms with Crippen molar-refractivity contribution >= 4 is 0 Å². The molecule has 44 heavy (non-hydrogen) atoms. The summed E-state index contributed by atoms with van der Waals surface area (Å²) in [5.41, 5.74) is 2.04. The molecule has 2 nitrogen and oxygen atoms in total. The third-order valence-electron chi connectivity index (χ3n) is 7.32. The van der Waals surface area contributed by atoms with Gasteiger partial charge in [0, 0.05) is 34.6 Å². The van der Waals surface area contributed by atoms with Crippen molar-refractivity contribution in [2.75, 3.05) is 0 Å². The van der Waals surface area contributed by atoms with Gasteiger partial charge in [-0.05, 0) is 46.5 Å². The van der Waals surface area contributed by atoms with E-state index in [4.69, 9.17) is 0 Å². The standard InChI is InChI=1S/C36H22F6N2/c37-35(38,39)31-19-7-5-13-25(31)29-17-9-21-43-33(29)27-15-3-1-11-23(27)24-12-2-4-16-28(24)34-30(18-10-22-44-34)26-14-6-8-20-32(26)36(40,41)42/h1-22H. The van der Waals surface area contributed by atoms with Gasteiger partial charge in [0.2, 0.25) is 0 Å². The summed E-state index contributed by atoms with van der Waals surface area (Å²) in [6.45, 7) is 0. The van der Waals surface area contributed by atoms with Gasteiger partial charge in [0.25, 0.3) is 0 Å². The summed E-state index contributed by atoms with van der Waals surface area (Å²) < 4.78 is 84.2. The molecule has 4 aromatic carbocycles. The second kappa shape index (κ2) is 11.4. The van der Waals surface area contributed by atoms with Crippen LogP contribution in [0.2, 0.25) is 0 Å². The number of hydrogen-bond donors (Lipinski definition) is 0. The summed E-state index contributed by atoms with van der Waals surface area (Å²) in [5.74, 6) is 0. The zero-order valence-electron chi connectivity index (χ0n) is 22.9. The van der Waals surface area contributed by atoms with Crippen LogP contribution in [0.3, 0.4) is 0 Å². The maximum Gasteiger partial charge on any atom is 0.417 e. The van der Waals surface area contributed by atoms with E-state index in [-0.39, 0.29) is 11.1 Å². The van der Waals surface area contributed by atoms with E-state index in [9.17, 15) is 26.3 Å². The van der Waals surface area contributed by atoms with Crippen molar-refractivity contribution in [1.29, 1.82) is 0 Å². The first-order valence-electron chi connectivity index (χ1n) is 13.6. The first kappa shape index (κ1) is 28.9. The van der Waals surface area contributed by atoms with Crippen molar-refractivity contribution in [3.63, 3.8) is 0 Å². The predicted octanol–water partition coefficient (Wildman–Crippen LogP) is 10.8. The van der Waals surface area contributed by atoms with Gasteiger partial charge in [-0.3, -0.25) is 9.97 Å². The lowest BCUT2D eigenvalue weighted by Crippen LogP contribution is -2.07. The largest absolute Gasteiger partial charge is 0.417 e. The molecule has 8 heteroatoms. The molecule has 0 aliphatic carbocycles. The van der Waals surface area contributed by atoms with Gasteiger partial charge in [0.15, 0.2) is 0 Å². The molecule has 0 saturated heterocycles. The van der Waals surface area contributed by atoms with E-state index in [0.717, 1.165) is 12.1 Å². The molecule has 218 valence electrons. The van der Waals surface area contributed by atoms with Crippen molar-refractivity contribution in [2.24, 2.45) is 0 Å². The number of halogens is 6. The molecule has 0 unspecified atom stereocenters. The van der Waals surface area contributed by atoms with E-state index in [2.05, 4.69) is 9.97 Å². The van der Waals surface area contributed by atoms with E-state index < -0.39 is 23.5 Å². The fourth-order valence-electron chi connectivity index (χ4n) is 5.45. The molecule has 0 bridgehead atoms. The van der Waals surface area contributed by atoms with E-state index in [1.165, 1.54) is 36.7 Å². The number of benzene rings is 4. The van der Waals surface area contributed by atoms with Gasteiger partial charge >= 0.3 is 12.4 Å². The van der Waals surface area contributed by atoms with Crippen LogP contribution in [-0.4, -0.2) is 9.97 Å². The Hall–Kier alpha value is -5.24. The number of pyridine rings is 2. The number of alkyl halides is 6. The number of nitrogens with zero attached hydrogens (tertiary/aromatic N) is 2. The second-order valence-corrected chi connectivity index (χ2v) is 9.98. The summed E-state index contributed by atoms with van der Waals surface area (Å²) in [6, 6.07) is 31.3. The minimum Gasteiger partial charge on any atom is -0.256 e. The minimum absolute atomic E-state index is 0.0121. The van der Waals surface area contributed by atoms with Crippen LogP contribution in [-0.2, 0) is 12.4 Å². The van der Waals surface area contributed by atoms with Gasteiger partial charge in [-0.25, -0.2) is 0 Å². The molecule has 0 radical (unpaired) electrons. The lowest BCUT2D eigenvalue weighted by atomic mass is 9.87. The molecule has 0 amide bonds. The average molecular weight is 597 g/mol. The Morgan fingerprint density at radius 2 is 0.614 bits per heavy atom. The van der Waals surface area contributed by atoms with Gasteiger partial charge in [-0.15, -0.1) is 0 Å². The van der Waals surface area contributed by atoms with Gasteiger partial charge in [0.05, 0.1) is 22.5 Å². The average Bonchev–Trinajstić information content (AvgIpc) is 3.04. The molecule has 6 aromatic rings. The smallest absolute Gasteiger partial charge is 0.256 e. The lowest BCUT2D eigenvalue weighted by molar-refractivity contribution is -0.137. The highest BCUT2D eigenvalue weighted by Gasteiger charge is 2.35. The minimum atomic E-state index is -4.59. The highest BCUT2D eigenvalue weighted by molar-refractivity contribution is 5.96. The molecule has 2 aromatic heterocycles. The van der Waals surface area contributed by atoms with Crippen LogP contribution in [0.4, 0.5) is 26.3 Å². The summed E-state index contributed by atoms with van der Waals surface area (Å²) in [5, 5.41) is 0.